The van der Waals surface area contributed by atoms with Crippen LogP contribution in [0.1, 0.15) is 25.8 Å². The Bertz CT molecular complexity index is 543. The Morgan fingerprint density at radius 1 is 1.26 bits per heavy atom. The van der Waals surface area contributed by atoms with E-state index < -0.39 is 24.0 Å². The van der Waals surface area contributed by atoms with Gasteiger partial charge in [0, 0.05) is 16.5 Å². The highest BCUT2D eigenvalue weighted by Crippen LogP contribution is 2.25. The first kappa shape index (κ1) is 19.7. The van der Waals surface area contributed by atoms with Crippen molar-refractivity contribution in [3.8, 4) is 0 Å². The Morgan fingerprint density at radius 3 is 2.30 bits per heavy atom. The number of rotatable bonds is 7. The molecule has 7 heteroatoms. The number of carbonyl (C=O) groups is 2. The molecule has 1 aromatic carbocycles. The van der Waals surface area contributed by atoms with E-state index in [4.69, 9.17) is 27.9 Å². The molecule has 0 aliphatic heterocycles. The van der Waals surface area contributed by atoms with Gasteiger partial charge in [-0.3, -0.25) is 4.79 Å². The van der Waals surface area contributed by atoms with E-state index in [9.17, 15) is 14.7 Å². The Kier molecular flexibility index (Phi) is 7.82. The third-order valence-corrected chi connectivity index (χ3v) is 3.98. The van der Waals surface area contributed by atoms with Crippen LogP contribution in [0.5, 0.6) is 0 Å². The van der Waals surface area contributed by atoms with E-state index in [1.807, 2.05) is 13.8 Å². The number of benzene rings is 1. The van der Waals surface area contributed by atoms with Crippen molar-refractivity contribution in [3.63, 3.8) is 0 Å². The van der Waals surface area contributed by atoms with Gasteiger partial charge in [0.2, 0.25) is 5.91 Å². The summed E-state index contributed by atoms with van der Waals surface area (Å²) in [6.45, 7) is 3.77. The number of hydrogen-bond donors (Lipinski definition) is 2. The van der Waals surface area contributed by atoms with E-state index in [1.165, 1.54) is 7.11 Å². The average molecular weight is 362 g/mol. The minimum Gasteiger partial charge on any atom is -0.467 e. The number of carbonyl (C=O) groups excluding carboxylic acids is 2. The third-order valence-electron chi connectivity index (χ3n) is 3.27. The van der Waals surface area contributed by atoms with Crippen molar-refractivity contribution >= 4 is 35.1 Å². The lowest BCUT2D eigenvalue weighted by Gasteiger charge is -2.20. The molecule has 128 valence electrons. The lowest BCUT2D eigenvalue weighted by atomic mass is 10.0. The van der Waals surface area contributed by atoms with Crippen LogP contribution in [0, 0.1) is 5.92 Å². The summed E-state index contributed by atoms with van der Waals surface area (Å²) in [4.78, 5) is 23.9. The zero-order valence-electron chi connectivity index (χ0n) is 13.3. The minimum atomic E-state index is -1.19. The zero-order valence-corrected chi connectivity index (χ0v) is 14.8. The Morgan fingerprint density at radius 2 is 1.83 bits per heavy atom. The number of halogens is 2. The fraction of sp³-hybridized carbons (Fsp3) is 0.500. The molecule has 0 unspecified atom stereocenters. The third kappa shape index (κ3) is 6.01. The summed E-state index contributed by atoms with van der Waals surface area (Å²) in [5.41, 5.74) is 0.532. The maximum atomic E-state index is 12.0. The molecule has 5 nitrogen and oxygen atoms in total. The summed E-state index contributed by atoms with van der Waals surface area (Å²) in [5.74, 6) is -1.12. The minimum absolute atomic E-state index is 0.0747. The summed E-state index contributed by atoms with van der Waals surface area (Å²) in [6, 6.07) is 4.00. The highest BCUT2D eigenvalue weighted by atomic mass is 35.5. The molecule has 0 aromatic heterocycles. The van der Waals surface area contributed by atoms with Crippen LogP contribution < -0.4 is 5.32 Å². The highest BCUT2D eigenvalue weighted by molar-refractivity contribution is 6.36. The monoisotopic (exact) mass is 361 g/mol. The number of esters is 1. The topological polar surface area (TPSA) is 75.6 Å². The molecule has 0 aliphatic rings. The van der Waals surface area contributed by atoms with Gasteiger partial charge in [0.25, 0.3) is 0 Å². The maximum absolute atomic E-state index is 12.0. The van der Waals surface area contributed by atoms with Crippen LogP contribution in [0.4, 0.5) is 0 Å². The molecule has 0 aliphatic carbocycles. The molecule has 23 heavy (non-hydrogen) atoms. The van der Waals surface area contributed by atoms with Crippen molar-refractivity contribution in [1.29, 1.82) is 0 Å². The van der Waals surface area contributed by atoms with Crippen LogP contribution in [0.3, 0.4) is 0 Å². The van der Waals surface area contributed by atoms with Crippen molar-refractivity contribution in [2.45, 2.75) is 38.8 Å². The zero-order chi connectivity index (χ0) is 17.6. The second kappa shape index (κ2) is 9.11. The first-order valence-corrected chi connectivity index (χ1v) is 8.01. The smallest absolute Gasteiger partial charge is 0.328 e. The van der Waals surface area contributed by atoms with Gasteiger partial charge in [0.15, 0.2) is 0 Å². The Balaban J connectivity index is 2.89. The van der Waals surface area contributed by atoms with Crippen LogP contribution in [0.2, 0.25) is 10.0 Å². The number of amides is 1. The number of nitrogens with one attached hydrogen (secondary N) is 1. The van der Waals surface area contributed by atoms with E-state index in [0.29, 0.717) is 22.0 Å². The normalized spacial score (nSPS) is 13.5. The molecular formula is C16H21Cl2NO4. The molecule has 0 radical (unpaired) electrons. The number of methoxy groups -OCH3 is 1. The van der Waals surface area contributed by atoms with Gasteiger partial charge >= 0.3 is 5.97 Å². The van der Waals surface area contributed by atoms with Gasteiger partial charge in [-0.2, -0.15) is 0 Å². The van der Waals surface area contributed by atoms with E-state index in [0.717, 1.165) is 0 Å². The van der Waals surface area contributed by atoms with Crippen molar-refractivity contribution in [3.05, 3.63) is 33.8 Å². The summed E-state index contributed by atoms with van der Waals surface area (Å²) in [5, 5.41) is 13.1. The van der Waals surface area contributed by atoms with Crippen molar-refractivity contribution < 1.29 is 19.4 Å². The van der Waals surface area contributed by atoms with Crippen LogP contribution in [0.15, 0.2) is 18.2 Å². The summed E-state index contributed by atoms with van der Waals surface area (Å²) < 4.78 is 4.70. The van der Waals surface area contributed by atoms with Crippen molar-refractivity contribution in [1.82, 2.24) is 5.32 Å². The number of aliphatic hydroxyl groups is 1. The van der Waals surface area contributed by atoms with Gasteiger partial charge in [-0.05, 0) is 30.0 Å². The van der Waals surface area contributed by atoms with Crippen molar-refractivity contribution in [2.75, 3.05) is 7.11 Å². The highest BCUT2D eigenvalue weighted by Gasteiger charge is 2.27. The molecule has 0 saturated heterocycles. The van der Waals surface area contributed by atoms with Crippen LogP contribution in [-0.2, 0) is 20.7 Å². The lowest BCUT2D eigenvalue weighted by Crippen LogP contribution is -2.47. The molecule has 2 atom stereocenters. The molecule has 0 saturated carbocycles. The fourth-order valence-electron chi connectivity index (χ4n) is 2.09. The molecule has 0 spiro atoms. The van der Waals surface area contributed by atoms with Gasteiger partial charge in [-0.1, -0.05) is 43.1 Å². The maximum Gasteiger partial charge on any atom is 0.328 e. The van der Waals surface area contributed by atoms with Crippen molar-refractivity contribution in [2.24, 2.45) is 5.92 Å². The van der Waals surface area contributed by atoms with E-state index in [2.05, 4.69) is 5.32 Å². The molecule has 0 fully saturated rings. The summed E-state index contributed by atoms with van der Waals surface area (Å²) in [6.07, 6.45) is -0.818. The van der Waals surface area contributed by atoms with Gasteiger partial charge < -0.3 is 15.2 Å². The molecule has 0 heterocycles. The second-order valence-electron chi connectivity index (χ2n) is 5.63. The Hall–Kier alpha value is -1.30. The van der Waals surface area contributed by atoms with E-state index in [-0.39, 0.29) is 12.3 Å². The van der Waals surface area contributed by atoms with Gasteiger partial charge in [0.1, 0.15) is 12.1 Å². The molecule has 1 amide bonds. The quantitative estimate of drug-likeness (QED) is 0.731. The SMILES string of the molecule is COC(=O)[C@H](Cc1c(Cl)cccc1Cl)NC(=O)[C@H](O)CC(C)C. The molecule has 1 aromatic rings. The van der Waals surface area contributed by atoms with E-state index >= 15 is 0 Å². The number of ether oxygens (including phenoxy) is 1. The average Bonchev–Trinajstić information content (AvgIpc) is 2.48. The van der Waals surface area contributed by atoms with E-state index in [1.54, 1.807) is 18.2 Å². The predicted molar refractivity (Wildman–Crippen MR) is 89.6 cm³/mol. The molecule has 0 bridgehead atoms. The van der Waals surface area contributed by atoms with Crippen LogP contribution in [-0.4, -0.2) is 36.2 Å². The van der Waals surface area contributed by atoms with Crippen LogP contribution in [0.25, 0.3) is 0 Å². The first-order valence-electron chi connectivity index (χ1n) is 7.25. The van der Waals surface area contributed by atoms with Gasteiger partial charge in [0.05, 0.1) is 7.11 Å². The predicted octanol–water partition coefficient (Wildman–Crippen LogP) is 2.60. The first-order chi connectivity index (χ1) is 10.8. The van der Waals surface area contributed by atoms with Crippen LogP contribution >= 0.6 is 23.2 Å². The molecular weight excluding hydrogens is 341 g/mol. The molecule has 2 N–H and O–H groups in total. The lowest BCUT2D eigenvalue weighted by molar-refractivity contribution is -0.146. The fourth-order valence-corrected chi connectivity index (χ4v) is 2.64. The Labute approximate surface area is 145 Å². The summed E-state index contributed by atoms with van der Waals surface area (Å²) >= 11 is 12.2. The summed E-state index contributed by atoms with van der Waals surface area (Å²) in [7, 11) is 1.22. The number of aliphatic hydroxyl groups excluding tert-OH is 1. The molecule has 1 rings (SSSR count). The number of hydrogen-bond acceptors (Lipinski definition) is 4. The standard InChI is InChI=1S/C16H21Cl2NO4/c1-9(2)7-14(20)15(21)19-13(16(22)23-3)8-10-11(17)5-4-6-12(10)18/h4-6,9,13-14,20H,7-8H2,1-3H3,(H,19,21)/t13-,14+/m0/s1. The van der Waals surface area contributed by atoms with Gasteiger partial charge in [-0.15, -0.1) is 0 Å². The largest absolute Gasteiger partial charge is 0.467 e. The van der Waals surface area contributed by atoms with Gasteiger partial charge in [-0.25, -0.2) is 4.79 Å². The second-order valence-corrected chi connectivity index (χ2v) is 6.45.